The monoisotopic (exact) mass is 345 g/mol. The number of ether oxygens (including phenoxy) is 1. The van der Waals surface area contributed by atoms with Crippen molar-refractivity contribution in [2.75, 3.05) is 11.9 Å². The Morgan fingerprint density at radius 2 is 1.96 bits per heavy atom. The number of carbonyl (C=O) groups excluding carboxylic acids is 1. The number of benzene rings is 2. The molecular weight excluding hydrogens is 330 g/mol. The number of fused-ring (bicyclic) bond motifs is 1. The molecule has 4 aromatic rings. The second-order valence-corrected chi connectivity index (χ2v) is 5.58. The number of rotatable bonds is 5. The molecule has 2 aromatic carbocycles. The Kier molecular flexibility index (Phi) is 4.26. The van der Waals surface area contributed by atoms with Gasteiger partial charge >= 0.3 is 0 Å². The van der Waals surface area contributed by atoms with Gasteiger partial charge in [0.15, 0.2) is 6.61 Å². The molecule has 2 aromatic heterocycles. The number of imidazole rings is 1. The maximum Gasteiger partial charge on any atom is 0.263 e. The quantitative estimate of drug-likeness (QED) is 0.601. The van der Waals surface area contributed by atoms with E-state index in [1.54, 1.807) is 29.4 Å². The van der Waals surface area contributed by atoms with Crippen LogP contribution < -0.4 is 10.1 Å². The van der Waals surface area contributed by atoms with E-state index in [1.807, 2.05) is 42.5 Å². The molecule has 0 aliphatic carbocycles. The smallest absolute Gasteiger partial charge is 0.263 e. The van der Waals surface area contributed by atoms with Gasteiger partial charge in [0.25, 0.3) is 5.91 Å². The zero-order chi connectivity index (χ0) is 17.8. The lowest BCUT2D eigenvalue weighted by Crippen LogP contribution is -2.21. The van der Waals surface area contributed by atoms with Crippen molar-refractivity contribution in [1.29, 1.82) is 0 Å². The number of nitrogens with zero attached hydrogens (tertiary/aromatic N) is 4. The molecule has 0 atom stereocenters. The SMILES string of the molecule is O=C(COc1ccc2ccccc2c1)Nc1cc(-n2ccnc2)ncn1. The van der Waals surface area contributed by atoms with Crippen molar-refractivity contribution in [3.05, 3.63) is 73.6 Å². The van der Waals surface area contributed by atoms with E-state index in [0.29, 0.717) is 17.4 Å². The van der Waals surface area contributed by atoms with Gasteiger partial charge in [0, 0.05) is 18.5 Å². The van der Waals surface area contributed by atoms with Gasteiger partial charge in [-0.2, -0.15) is 0 Å². The van der Waals surface area contributed by atoms with Gasteiger partial charge in [-0.1, -0.05) is 30.3 Å². The topological polar surface area (TPSA) is 81.9 Å². The maximum atomic E-state index is 12.1. The minimum absolute atomic E-state index is 0.108. The van der Waals surface area contributed by atoms with E-state index in [2.05, 4.69) is 20.3 Å². The highest BCUT2D eigenvalue weighted by atomic mass is 16.5. The normalized spacial score (nSPS) is 10.6. The van der Waals surface area contributed by atoms with Crippen LogP contribution in [0.5, 0.6) is 5.75 Å². The van der Waals surface area contributed by atoms with Crippen LogP contribution in [0, 0.1) is 0 Å². The average molecular weight is 345 g/mol. The molecule has 1 N–H and O–H groups in total. The van der Waals surface area contributed by atoms with Crippen molar-refractivity contribution in [3.8, 4) is 11.6 Å². The van der Waals surface area contributed by atoms with Crippen molar-refractivity contribution in [1.82, 2.24) is 19.5 Å². The lowest BCUT2D eigenvalue weighted by molar-refractivity contribution is -0.118. The van der Waals surface area contributed by atoms with Gasteiger partial charge in [-0.15, -0.1) is 0 Å². The van der Waals surface area contributed by atoms with Crippen LogP contribution in [0.1, 0.15) is 0 Å². The Morgan fingerprint density at radius 3 is 2.81 bits per heavy atom. The predicted molar refractivity (Wildman–Crippen MR) is 97.2 cm³/mol. The van der Waals surface area contributed by atoms with Crippen molar-refractivity contribution >= 4 is 22.5 Å². The lowest BCUT2D eigenvalue weighted by atomic mass is 10.1. The van der Waals surface area contributed by atoms with E-state index in [0.717, 1.165) is 10.8 Å². The highest BCUT2D eigenvalue weighted by molar-refractivity contribution is 5.91. The van der Waals surface area contributed by atoms with Gasteiger partial charge < -0.3 is 10.1 Å². The van der Waals surface area contributed by atoms with Gasteiger partial charge in [-0.05, 0) is 22.9 Å². The Morgan fingerprint density at radius 1 is 1.08 bits per heavy atom. The molecule has 26 heavy (non-hydrogen) atoms. The molecule has 0 saturated heterocycles. The van der Waals surface area contributed by atoms with E-state index < -0.39 is 0 Å². The molecule has 1 amide bonds. The summed E-state index contributed by atoms with van der Waals surface area (Å²) in [5.41, 5.74) is 0. The van der Waals surface area contributed by atoms with Crippen molar-refractivity contribution < 1.29 is 9.53 Å². The fourth-order valence-electron chi connectivity index (χ4n) is 2.54. The van der Waals surface area contributed by atoms with E-state index in [4.69, 9.17) is 4.74 Å². The summed E-state index contributed by atoms with van der Waals surface area (Å²) in [5, 5.41) is 4.89. The van der Waals surface area contributed by atoms with Crippen LogP contribution in [-0.4, -0.2) is 32.0 Å². The number of nitrogens with one attached hydrogen (secondary N) is 1. The molecule has 0 aliphatic rings. The van der Waals surface area contributed by atoms with Crippen molar-refractivity contribution in [3.63, 3.8) is 0 Å². The molecule has 4 rings (SSSR count). The summed E-state index contributed by atoms with van der Waals surface area (Å²) in [6.07, 6.45) is 6.42. The van der Waals surface area contributed by atoms with Crippen LogP contribution in [0.2, 0.25) is 0 Å². The predicted octanol–water partition coefficient (Wildman–Crippen LogP) is 2.83. The van der Waals surface area contributed by atoms with Crippen LogP contribution in [0.15, 0.2) is 73.6 Å². The highest BCUT2D eigenvalue weighted by Gasteiger charge is 2.07. The fraction of sp³-hybridized carbons (Fsp3) is 0.0526. The maximum absolute atomic E-state index is 12.1. The first kappa shape index (κ1) is 15.8. The minimum Gasteiger partial charge on any atom is -0.484 e. The number of hydrogen-bond donors (Lipinski definition) is 1. The number of aromatic nitrogens is 4. The fourth-order valence-corrected chi connectivity index (χ4v) is 2.54. The zero-order valence-electron chi connectivity index (χ0n) is 13.7. The number of amides is 1. The standard InChI is InChI=1S/C19H15N5O2/c25-19(11-26-16-6-5-14-3-1-2-4-15(14)9-16)23-17-10-18(22-12-21-17)24-8-7-20-13-24/h1-10,12-13H,11H2,(H,21,22,23,25). The summed E-state index contributed by atoms with van der Waals surface area (Å²) in [5.74, 6) is 1.35. The van der Waals surface area contributed by atoms with Crippen LogP contribution in [-0.2, 0) is 4.79 Å². The molecule has 2 heterocycles. The third-order valence-electron chi connectivity index (χ3n) is 3.78. The van der Waals surface area contributed by atoms with Gasteiger partial charge in [-0.3, -0.25) is 9.36 Å². The largest absolute Gasteiger partial charge is 0.484 e. The molecular formula is C19H15N5O2. The molecule has 0 fully saturated rings. The zero-order valence-corrected chi connectivity index (χ0v) is 13.7. The average Bonchev–Trinajstić information content (AvgIpc) is 3.21. The third-order valence-corrected chi connectivity index (χ3v) is 3.78. The molecule has 0 aliphatic heterocycles. The number of anilines is 1. The van der Waals surface area contributed by atoms with E-state index in [-0.39, 0.29) is 12.5 Å². The van der Waals surface area contributed by atoms with Crippen LogP contribution in [0.3, 0.4) is 0 Å². The summed E-state index contributed by atoms with van der Waals surface area (Å²) in [7, 11) is 0. The summed E-state index contributed by atoms with van der Waals surface area (Å²) in [6, 6.07) is 15.4. The van der Waals surface area contributed by atoms with Crippen molar-refractivity contribution in [2.45, 2.75) is 0 Å². The van der Waals surface area contributed by atoms with E-state index in [9.17, 15) is 4.79 Å². The first-order valence-corrected chi connectivity index (χ1v) is 8.00. The summed E-state index contributed by atoms with van der Waals surface area (Å²) < 4.78 is 7.31. The molecule has 128 valence electrons. The van der Waals surface area contributed by atoms with E-state index >= 15 is 0 Å². The molecule has 7 heteroatoms. The van der Waals surface area contributed by atoms with Crippen LogP contribution in [0.25, 0.3) is 16.6 Å². The Bertz CT molecular complexity index is 1050. The van der Waals surface area contributed by atoms with E-state index in [1.165, 1.54) is 6.33 Å². The molecule has 0 radical (unpaired) electrons. The van der Waals surface area contributed by atoms with Gasteiger partial charge in [0.2, 0.25) is 0 Å². The first-order chi connectivity index (χ1) is 12.8. The van der Waals surface area contributed by atoms with Gasteiger partial charge in [-0.25, -0.2) is 15.0 Å². The molecule has 0 unspecified atom stereocenters. The Labute approximate surface area is 149 Å². The van der Waals surface area contributed by atoms with Crippen molar-refractivity contribution in [2.24, 2.45) is 0 Å². The first-order valence-electron chi connectivity index (χ1n) is 8.00. The van der Waals surface area contributed by atoms with Gasteiger partial charge in [0.1, 0.15) is 30.0 Å². The van der Waals surface area contributed by atoms with Crippen LogP contribution in [0.4, 0.5) is 5.82 Å². The Balaban J connectivity index is 1.40. The summed E-state index contributed by atoms with van der Waals surface area (Å²) >= 11 is 0. The van der Waals surface area contributed by atoms with Gasteiger partial charge in [0.05, 0.1) is 0 Å². The Hall–Kier alpha value is -3.74. The summed E-state index contributed by atoms with van der Waals surface area (Å²) in [4.78, 5) is 24.3. The third kappa shape index (κ3) is 3.51. The minimum atomic E-state index is -0.298. The summed E-state index contributed by atoms with van der Waals surface area (Å²) in [6.45, 7) is -0.108. The van der Waals surface area contributed by atoms with Crippen LogP contribution >= 0.6 is 0 Å². The lowest BCUT2D eigenvalue weighted by Gasteiger charge is -2.08. The highest BCUT2D eigenvalue weighted by Crippen LogP contribution is 2.20. The molecule has 0 saturated carbocycles. The second kappa shape index (κ2) is 7.02. The molecule has 0 bridgehead atoms. The molecule has 0 spiro atoms. The number of carbonyl (C=O) groups is 1. The molecule has 7 nitrogen and oxygen atoms in total. The second-order valence-electron chi connectivity index (χ2n) is 5.58. The number of hydrogen-bond acceptors (Lipinski definition) is 5.